The third-order valence-electron chi connectivity index (χ3n) is 8.62. The van der Waals surface area contributed by atoms with E-state index in [2.05, 4.69) is 6.58 Å². The van der Waals surface area contributed by atoms with Crippen LogP contribution in [0.25, 0.3) is 0 Å². The molecule has 1 rings (SSSR count). The predicted molar refractivity (Wildman–Crippen MR) is 164 cm³/mol. The van der Waals surface area contributed by atoms with Crippen LogP contribution in [0, 0.1) is 41.4 Å². The number of allylic oxidation sites excluding steroid dienone is 3. The quantitative estimate of drug-likeness (QED) is 0.101. The Labute approximate surface area is 252 Å². The molecule has 1 aliphatic heterocycles. The van der Waals surface area contributed by atoms with E-state index < -0.39 is 54.6 Å². The number of carbonyl (C=O) groups is 2. The molecule has 1 saturated heterocycles. The molecule has 42 heavy (non-hydrogen) atoms. The molecular weight excluding hydrogens is 538 g/mol. The fraction of sp³-hybridized carbons (Fsp3) is 0.697. The lowest BCUT2D eigenvalue weighted by molar-refractivity contribution is -0.179. The van der Waals surface area contributed by atoms with Crippen molar-refractivity contribution in [1.29, 1.82) is 0 Å². The molecule has 1 fully saturated rings. The first-order chi connectivity index (χ1) is 19.5. The van der Waals surface area contributed by atoms with E-state index in [0.717, 1.165) is 5.57 Å². The second kappa shape index (κ2) is 17.6. The Morgan fingerprint density at radius 2 is 1.64 bits per heavy atom. The van der Waals surface area contributed by atoms with E-state index in [4.69, 9.17) is 15.2 Å². The van der Waals surface area contributed by atoms with Gasteiger partial charge in [0.1, 0.15) is 12.2 Å². The molecule has 9 nitrogen and oxygen atoms in total. The molecule has 13 atom stereocenters. The molecular formula is C33H55NO8. The second-order valence-corrected chi connectivity index (χ2v) is 12.4. The topological polar surface area (TPSA) is 160 Å². The van der Waals surface area contributed by atoms with Gasteiger partial charge in [-0.25, -0.2) is 4.79 Å². The van der Waals surface area contributed by atoms with Crippen molar-refractivity contribution < 1.29 is 39.5 Å². The summed E-state index contributed by atoms with van der Waals surface area (Å²) in [6, 6.07) is 0. The van der Waals surface area contributed by atoms with Gasteiger partial charge in [-0.2, -0.15) is 0 Å². The van der Waals surface area contributed by atoms with Crippen LogP contribution in [-0.4, -0.2) is 69.1 Å². The summed E-state index contributed by atoms with van der Waals surface area (Å²) in [4.78, 5) is 23.5. The SMILES string of the molecule is C=CC=C[C@H](C)C(OC(N)=O)[C@@H](C)C(O)[C@@H](C)CC(C)=C[C@H](C)[C@@H](O)[C@@H](C)C=C[C@@H](O)C[C@@H]1OC(=O)[C@H](C)[C@@H](O)[C@H]1C. The summed E-state index contributed by atoms with van der Waals surface area (Å²) < 4.78 is 10.8. The van der Waals surface area contributed by atoms with Crippen molar-refractivity contribution in [2.45, 2.75) is 105 Å². The molecule has 240 valence electrons. The van der Waals surface area contributed by atoms with Crippen molar-refractivity contribution in [3.63, 3.8) is 0 Å². The fourth-order valence-corrected chi connectivity index (χ4v) is 5.80. The number of carbonyl (C=O) groups excluding carboxylic acids is 2. The van der Waals surface area contributed by atoms with Gasteiger partial charge < -0.3 is 35.6 Å². The lowest BCUT2D eigenvalue weighted by atomic mass is 9.81. The minimum atomic E-state index is -0.894. The third kappa shape index (κ3) is 11.3. The number of esters is 1. The molecule has 2 unspecified atom stereocenters. The number of primary amides is 1. The third-order valence-corrected chi connectivity index (χ3v) is 8.62. The Balaban J connectivity index is 2.76. The average molecular weight is 594 g/mol. The van der Waals surface area contributed by atoms with Crippen molar-refractivity contribution in [2.24, 2.45) is 47.2 Å². The molecule has 0 radical (unpaired) electrons. The van der Waals surface area contributed by atoms with E-state index in [9.17, 15) is 30.0 Å². The van der Waals surface area contributed by atoms with Gasteiger partial charge in [-0.1, -0.05) is 90.2 Å². The maximum Gasteiger partial charge on any atom is 0.404 e. The summed E-state index contributed by atoms with van der Waals surface area (Å²) in [5.41, 5.74) is 6.30. The van der Waals surface area contributed by atoms with Crippen LogP contribution >= 0.6 is 0 Å². The smallest absolute Gasteiger partial charge is 0.404 e. The van der Waals surface area contributed by atoms with Gasteiger partial charge in [-0.3, -0.25) is 4.79 Å². The van der Waals surface area contributed by atoms with Crippen molar-refractivity contribution in [3.05, 3.63) is 48.6 Å². The maximum atomic E-state index is 12.0. The van der Waals surface area contributed by atoms with E-state index in [-0.39, 0.29) is 41.9 Å². The van der Waals surface area contributed by atoms with Crippen LogP contribution in [-0.2, 0) is 14.3 Å². The standard InChI is InChI=1S/C33H55NO8/c1-10-11-12-20(4)31(42-33(34)40)24(8)29(37)22(6)16-18(2)15-21(5)28(36)19(3)13-14-26(35)17-27-23(7)30(38)25(9)32(39)41-27/h10-15,19-31,35-38H,1,16-17H2,2-9H3,(H2,34,40)/t19-,20-,21-,22-,23-,24-,25+,26+,27-,28-,29?,30-,31?/m0/s1. The van der Waals surface area contributed by atoms with E-state index in [1.54, 1.807) is 38.2 Å². The summed E-state index contributed by atoms with van der Waals surface area (Å²) in [5, 5.41) is 42.8. The van der Waals surface area contributed by atoms with Crippen LogP contribution < -0.4 is 5.73 Å². The van der Waals surface area contributed by atoms with Crippen molar-refractivity contribution in [3.8, 4) is 0 Å². The van der Waals surface area contributed by atoms with Crippen LogP contribution in [0.3, 0.4) is 0 Å². The highest BCUT2D eigenvalue weighted by atomic mass is 16.6. The highest BCUT2D eigenvalue weighted by Crippen LogP contribution is 2.30. The number of nitrogens with two attached hydrogens (primary N) is 1. The fourth-order valence-electron chi connectivity index (χ4n) is 5.80. The van der Waals surface area contributed by atoms with Crippen LogP contribution in [0.1, 0.15) is 68.2 Å². The Morgan fingerprint density at radius 1 is 1.02 bits per heavy atom. The van der Waals surface area contributed by atoms with Gasteiger partial charge in [0.05, 0.1) is 30.3 Å². The Hall–Kier alpha value is -2.46. The predicted octanol–water partition coefficient (Wildman–Crippen LogP) is 4.30. The zero-order valence-electron chi connectivity index (χ0n) is 26.6. The summed E-state index contributed by atoms with van der Waals surface area (Å²) in [6.45, 7) is 18.5. The van der Waals surface area contributed by atoms with E-state index in [1.165, 1.54) is 0 Å². The Morgan fingerprint density at radius 3 is 2.21 bits per heavy atom. The molecule has 1 amide bonds. The summed E-state index contributed by atoms with van der Waals surface area (Å²) in [5.74, 6) is -2.52. The summed E-state index contributed by atoms with van der Waals surface area (Å²) in [7, 11) is 0. The zero-order valence-corrected chi connectivity index (χ0v) is 26.6. The molecule has 1 aliphatic rings. The molecule has 0 aromatic carbocycles. The second-order valence-electron chi connectivity index (χ2n) is 12.4. The van der Waals surface area contributed by atoms with Crippen molar-refractivity contribution in [1.82, 2.24) is 0 Å². The van der Waals surface area contributed by atoms with Gasteiger partial charge in [0, 0.05) is 36.0 Å². The molecule has 1 heterocycles. The lowest BCUT2D eigenvalue weighted by Crippen LogP contribution is -2.47. The molecule has 0 aliphatic carbocycles. The highest BCUT2D eigenvalue weighted by molar-refractivity contribution is 5.73. The highest BCUT2D eigenvalue weighted by Gasteiger charge is 2.41. The number of cyclic esters (lactones) is 1. The molecule has 0 aromatic rings. The van der Waals surface area contributed by atoms with Crippen LogP contribution in [0.15, 0.2) is 48.6 Å². The van der Waals surface area contributed by atoms with Gasteiger partial charge in [0.15, 0.2) is 0 Å². The largest absolute Gasteiger partial charge is 0.462 e. The summed E-state index contributed by atoms with van der Waals surface area (Å²) >= 11 is 0. The number of amides is 1. The Kier molecular flexibility index (Phi) is 15.7. The van der Waals surface area contributed by atoms with Gasteiger partial charge in [0.25, 0.3) is 0 Å². The first-order valence-corrected chi connectivity index (χ1v) is 15.0. The lowest BCUT2D eigenvalue weighted by Gasteiger charge is -2.36. The van der Waals surface area contributed by atoms with E-state index in [0.29, 0.717) is 6.42 Å². The maximum absolute atomic E-state index is 12.0. The van der Waals surface area contributed by atoms with Gasteiger partial charge in [-0.15, -0.1) is 0 Å². The van der Waals surface area contributed by atoms with Gasteiger partial charge in [-0.05, 0) is 26.2 Å². The van der Waals surface area contributed by atoms with Gasteiger partial charge in [0.2, 0.25) is 0 Å². The summed E-state index contributed by atoms with van der Waals surface area (Å²) in [6.07, 6.45) is 6.04. The number of hydrogen-bond donors (Lipinski definition) is 5. The molecule has 0 spiro atoms. The monoisotopic (exact) mass is 593 g/mol. The minimum Gasteiger partial charge on any atom is -0.462 e. The number of aliphatic hydroxyl groups is 4. The van der Waals surface area contributed by atoms with Crippen LogP contribution in [0.4, 0.5) is 4.79 Å². The number of ether oxygens (including phenoxy) is 2. The number of aliphatic hydroxyl groups excluding tert-OH is 4. The minimum absolute atomic E-state index is 0.152. The van der Waals surface area contributed by atoms with Crippen molar-refractivity contribution >= 4 is 12.1 Å². The molecule has 0 saturated carbocycles. The van der Waals surface area contributed by atoms with E-state index >= 15 is 0 Å². The molecule has 0 aromatic heterocycles. The van der Waals surface area contributed by atoms with Crippen LogP contribution in [0.2, 0.25) is 0 Å². The molecule has 6 N–H and O–H groups in total. The Bertz CT molecular complexity index is 962. The molecule has 0 bridgehead atoms. The first kappa shape index (κ1) is 37.6. The van der Waals surface area contributed by atoms with Crippen LogP contribution in [0.5, 0.6) is 0 Å². The molecule has 9 heteroatoms. The average Bonchev–Trinajstić information content (AvgIpc) is 2.93. The normalized spacial score (nSPS) is 28.3. The van der Waals surface area contributed by atoms with E-state index in [1.807, 2.05) is 53.7 Å². The van der Waals surface area contributed by atoms with Gasteiger partial charge >= 0.3 is 12.1 Å². The zero-order chi connectivity index (χ0) is 32.3. The number of hydrogen-bond acceptors (Lipinski definition) is 8. The number of rotatable bonds is 16. The first-order valence-electron chi connectivity index (χ1n) is 15.0. The van der Waals surface area contributed by atoms with Crippen molar-refractivity contribution in [2.75, 3.05) is 0 Å².